The van der Waals surface area contributed by atoms with Crippen molar-refractivity contribution in [2.45, 2.75) is 51.5 Å². The van der Waals surface area contributed by atoms with E-state index in [0.717, 1.165) is 34.4 Å². The highest BCUT2D eigenvalue weighted by atomic mass is 14.9. The van der Waals surface area contributed by atoms with Crippen LogP contribution in [0.3, 0.4) is 0 Å². The van der Waals surface area contributed by atoms with Crippen LogP contribution in [0, 0.1) is 5.92 Å². The van der Waals surface area contributed by atoms with Crippen LogP contribution in [0.15, 0.2) is 42.7 Å². The van der Waals surface area contributed by atoms with Crippen LogP contribution in [0.5, 0.6) is 0 Å². The fraction of sp³-hybridized carbons (Fsp3) is 0.409. The zero-order valence-corrected chi connectivity index (χ0v) is 15.4. The molecule has 0 unspecified atom stereocenters. The van der Waals surface area contributed by atoms with Crippen molar-refractivity contribution in [3.8, 4) is 11.1 Å². The third kappa shape index (κ3) is 3.34. The lowest BCUT2D eigenvalue weighted by molar-refractivity contribution is 0.301. The largest absolute Gasteiger partial charge is 0.321 e. The van der Waals surface area contributed by atoms with Crippen molar-refractivity contribution in [3.05, 3.63) is 54.2 Å². The minimum absolute atomic E-state index is 0.0510. The molecular weight excluding hydrogens is 320 g/mol. The molecule has 0 bridgehead atoms. The normalized spacial score (nSPS) is 16.7. The van der Waals surface area contributed by atoms with E-state index in [2.05, 4.69) is 30.1 Å². The van der Waals surface area contributed by atoms with Crippen LogP contribution < -0.4 is 5.73 Å². The molecule has 26 heavy (non-hydrogen) atoms. The van der Waals surface area contributed by atoms with Crippen LogP contribution in [-0.4, -0.2) is 15.0 Å². The summed E-state index contributed by atoms with van der Waals surface area (Å²) in [5.41, 5.74) is 11.0. The summed E-state index contributed by atoms with van der Waals surface area (Å²) in [6, 6.07) is 10.4. The average Bonchev–Trinajstić information content (AvgIpc) is 2.73. The number of aromatic nitrogens is 3. The van der Waals surface area contributed by atoms with E-state index in [9.17, 15) is 0 Å². The molecule has 1 aliphatic carbocycles. The summed E-state index contributed by atoms with van der Waals surface area (Å²) in [5.74, 6) is 1.33. The summed E-state index contributed by atoms with van der Waals surface area (Å²) in [5, 5.41) is 1.13. The van der Waals surface area contributed by atoms with Gasteiger partial charge >= 0.3 is 0 Å². The lowest BCUT2D eigenvalue weighted by Gasteiger charge is -2.26. The van der Waals surface area contributed by atoms with E-state index in [1.165, 1.54) is 37.7 Å². The van der Waals surface area contributed by atoms with Crippen LogP contribution >= 0.6 is 0 Å². The van der Waals surface area contributed by atoms with Crippen molar-refractivity contribution in [2.24, 2.45) is 11.7 Å². The van der Waals surface area contributed by atoms with Gasteiger partial charge in [-0.15, -0.1) is 0 Å². The fourth-order valence-electron chi connectivity index (χ4n) is 4.06. The SMILES string of the molecule is CCc1nc([C@H](N)C2CCCCC2)nc2ccc(-c3ccncc3)cc12. The molecule has 0 radical (unpaired) electrons. The molecule has 1 saturated carbocycles. The molecule has 2 heterocycles. The lowest BCUT2D eigenvalue weighted by atomic mass is 9.84. The van der Waals surface area contributed by atoms with E-state index in [1.807, 2.05) is 24.5 Å². The third-order valence-electron chi connectivity index (χ3n) is 5.60. The maximum Gasteiger partial charge on any atom is 0.146 e. The Morgan fingerprint density at radius 3 is 2.50 bits per heavy atom. The molecule has 1 atom stereocenters. The molecule has 4 rings (SSSR count). The van der Waals surface area contributed by atoms with Gasteiger partial charge in [-0.2, -0.15) is 0 Å². The number of nitrogens with two attached hydrogens (primary N) is 1. The van der Waals surface area contributed by atoms with Crippen molar-refractivity contribution < 1.29 is 0 Å². The number of aryl methyl sites for hydroxylation is 1. The van der Waals surface area contributed by atoms with Gasteiger partial charge in [0.2, 0.25) is 0 Å². The van der Waals surface area contributed by atoms with Crippen molar-refractivity contribution in [1.82, 2.24) is 15.0 Å². The highest BCUT2D eigenvalue weighted by Gasteiger charge is 2.24. The first-order valence-electron chi connectivity index (χ1n) is 9.73. The van der Waals surface area contributed by atoms with E-state index in [1.54, 1.807) is 0 Å². The van der Waals surface area contributed by atoms with Gasteiger partial charge in [-0.25, -0.2) is 9.97 Å². The van der Waals surface area contributed by atoms with Crippen molar-refractivity contribution in [2.75, 3.05) is 0 Å². The van der Waals surface area contributed by atoms with E-state index in [0.29, 0.717) is 5.92 Å². The van der Waals surface area contributed by atoms with Crippen molar-refractivity contribution in [3.63, 3.8) is 0 Å². The summed E-state index contributed by atoms with van der Waals surface area (Å²) in [6.07, 6.45) is 10.8. The Hall–Kier alpha value is -2.33. The van der Waals surface area contributed by atoms with Crippen LogP contribution in [0.25, 0.3) is 22.0 Å². The number of rotatable bonds is 4. The highest BCUT2D eigenvalue weighted by Crippen LogP contribution is 2.33. The first kappa shape index (κ1) is 17.1. The standard InChI is InChI=1S/C22H26N4/c1-2-19-18-14-17(15-10-12-24-13-11-15)8-9-20(18)26-22(25-19)21(23)16-6-4-3-5-7-16/h8-14,16,21H,2-7,23H2,1H3/t21-/m1/s1. The predicted molar refractivity (Wildman–Crippen MR) is 106 cm³/mol. The number of benzene rings is 1. The third-order valence-corrected chi connectivity index (χ3v) is 5.60. The summed E-state index contributed by atoms with van der Waals surface area (Å²) in [4.78, 5) is 13.8. The number of fused-ring (bicyclic) bond motifs is 1. The Bertz CT molecular complexity index is 885. The van der Waals surface area contributed by atoms with Crippen LogP contribution in [0.2, 0.25) is 0 Å². The van der Waals surface area contributed by atoms with Crippen LogP contribution in [0.1, 0.15) is 56.6 Å². The molecule has 2 N–H and O–H groups in total. The molecule has 0 spiro atoms. The average molecular weight is 346 g/mol. The van der Waals surface area contributed by atoms with E-state index < -0.39 is 0 Å². The minimum atomic E-state index is -0.0510. The maximum absolute atomic E-state index is 6.57. The van der Waals surface area contributed by atoms with Gasteiger partial charge in [-0.1, -0.05) is 32.3 Å². The van der Waals surface area contributed by atoms with Gasteiger partial charge < -0.3 is 5.73 Å². The molecule has 0 aliphatic heterocycles. The zero-order chi connectivity index (χ0) is 17.9. The number of nitrogens with zero attached hydrogens (tertiary/aromatic N) is 3. The van der Waals surface area contributed by atoms with Crippen molar-refractivity contribution in [1.29, 1.82) is 0 Å². The van der Waals surface area contributed by atoms with Crippen LogP contribution in [0.4, 0.5) is 0 Å². The molecule has 2 aromatic heterocycles. The minimum Gasteiger partial charge on any atom is -0.321 e. The van der Waals surface area contributed by atoms with Crippen molar-refractivity contribution >= 4 is 10.9 Å². The Balaban J connectivity index is 1.74. The number of pyridine rings is 1. The molecular formula is C22H26N4. The monoisotopic (exact) mass is 346 g/mol. The second-order valence-corrected chi connectivity index (χ2v) is 7.27. The topological polar surface area (TPSA) is 64.7 Å². The second kappa shape index (κ2) is 7.50. The maximum atomic E-state index is 6.57. The molecule has 134 valence electrons. The van der Waals surface area contributed by atoms with E-state index in [4.69, 9.17) is 15.7 Å². The Labute approximate surface area is 154 Å². The molecule has 3 aromatic rings. The summed E-state index contributed by atoms with van der Waals surface area (Å²) >= 11 is 0. The van der Waals surface area contributed by atoms with Gasteiger partial charge in [0.05, 0.1) is 17.3 Å². The van der Waals surface area contributed by atoms with Gasteiger partial charge in [-0.05, 0) is 60.6 Å². The first-order valence-corrected chi connectivity index (χ1v) is 9.73. The van der Waals surface area contributed by atoms with Gasteiger partial charge in [0.15, 0.2) is 0 Å². The van der Waals surface area contributed by atoms with Crippen LogP contribution in [-0.2, 0) is 6.42 Å². The lowest BCUT2D eigenvalue weighted by Crippen LogP contribution is -2.26. The van der Waals surface area contributed by atoms with E-state index in [-0.39, 0.29) is 6.04 Å². The molecule has 4 nitrogen and oxygen atoms in total. The Morgan fingerprint density at radius 1 is 1.00 bits per heavy atom. The Morgan fingerprint density at radius 2 is 1.77 bits per heavy atom. The smallest absolute Gasteiger partial charge is 0.146 e. The molecule has 1 fully saturated rings. The summed E-state index contributed by atoms with van der Waals surface area (Å²) in [7, 11) is 0. The van der Waals surface area contributed by atoms with Gasteiger partial charge in [-0.3, -0.25) is 4.98 Å². The molecule has 1 aliphatic rings. The molecule has 0 saturated heterocycles. The Kier molecular flexibility index (Phi) is 4.93. The number of hydrogen-bond donors (Lipinski definition) is 1. The zero-order valence-electron chi connectivity index (χ0n) is 15.4. The summed E-state index contributed by atoms with van der Waals surface area (Å²) < 4.78 is 0. The second-order valence-electron chi connectivity index (χ2n) is 7.27. The predicted octanol–water partition coefficient (Wildman–Crippen LogP) is 4.83. The van der Waals surface area contributed by atoms with Gasteiger partial charge in [0, 0.05) is 17.8 Å². The van der Waals surface area contributed by atoms with Gasteiger partial charge in [0.25, 0.3) is 0 Å². The first-order chi connectivity index (χ1) is 12.8. The molecule has 0 amide bonds. The quantitative estimate of drug-likeness (QED) is 0.734. The number of hydrogen-bond acceptors (Lipinski definition) is 4. The molecule has 1 aromatic carbocycles. The fourth-order valence-corrected chi connectivity index (χ4v) is 4.06. The summed E-state index contributed by atoms with van der Waals surface area (Å²) in [6.45, 7) is 2.15. The highest BCUT2D eigenvalue weighted by molar-refractivity contribution is 5.86. The van der Waals surface area contributed by atoms with E-state index >= 15 is 0 Å². The van der Waals surface area contributed by atoms with Gasteiger partial charge in [0.1, 0.15) is 5.82 Å². The molecule has 4 heteroatoms.